The maximum absolute atomic E-state index is 13.2. The van der Waals surface area contributed by atoms with Crippen LogP contribution in [0.1, 0.15) is 72.7 Å². The van der Waals surface area contributed by atoms with E-state index in [1.165, 1.54) is 6.08 Å². The van der Waals surface area contributed by atoms with Gasteiger partial charge in [0.25, 0.3) is 0 Å². The third-order valence-electron chi connectivity index (χ3n) is 8.05. The molecule has 204 valence electrons. The number of ether oxygens (including phenoxy) is 3. The zero-order valence-electron chi connectivity index (χ0n) is 23.7. The van der Waals surface area contributed by atoms with Gasteiger partial charge in [-0.3, -0.25) is 9.59 Å². The van der Waals surface area contributed by atoms with Crippen molar-refractivity contribution >= 4 is 20.6 Å². The van der Waals surface area contributed by atoms with Gasteiger partial charge in [0.1, 0.15) is 18.5 Å². The molecule has 37 heavy (non-hydrogen) atoms. The zero-order valence-corrected chi connectivity index (χ0v) is 24.7. The molecule has 1 fully saturated rings. The van der Waals surface area contributed by atoms with Crippen molar-refractivity contribution < 1.29 is 28.2 Å². The number of carbonyl (C=O) groups is 2. The van der Waals surface area contributed by atoms with Crippen LogP contribution < -0.4 is 0 Å². The van der Waals surface area contributed by atoms with Crippen LogP contribution in [0.2, 0.25) is 18.1 Å². The fourth-order valence-electron chi connectivity index (χ4n) is 4.64. The smallest absolute Gasteiger partial charge is 0.308 e. The SMILES string of the molecule is C/C(=C\C=O)[C@H]1OC(=O)CC(O[Si](C)(C)C(C)(C)C)CC[C@@]2(C)O[C@@H](c3ccccc3)O[C@H]2/C=C/[C@@H]1C. The Kier molecular flexibility index (Phi) is 9.38. The van der Waals surface area contributed by atoms with Crippen LogP contribution in [0.5, 0.6) is 0 Å². The largest absolute Gasteiger partial charge is 0.457 e. The normalized spacial score (nSPS) is 33.0. The summed E-state index contributed by atoms with van der Waals surface area (Å²) in [6, 6.07) is 9.94. The maximum Gasteiger partial charge on any atom is 0.308 e. The van der Waals surface area contributed by atoms with Crippen LogP contribution in [0.25, 0.3) is 0 Å². The quantitative estimate of drug-likeness (QED) is 0.140. The van der Waals surface area contributed by atoms with E-state index in [2.05, 4.69) is 40.8 Å². The Morgan fingerprint density at radius 2 is 1.84 bits per heavy atom. The summed E-state index contributed by atoms with van der Waals surface area (Å²) in [4.78, 5) is 24.4. The van der Waals surface area contributed by atoms with Crippen LogP contribution in [0.4, 0.5) is 0 Å². The lowest BCUT2D eigenvalue weighted by atomic mass is 9.89. The Bertz CT molecular complexity index is 995. The van der Waals surface area contributed by atoms with Crippen molar-refractivity contribution in [2.45, 2.75) is 109 Å². The topological polar surface area (TPSA) is 71.1 Å². The standard InChI is InChI=1S/C30H44O6Si/c1-21-14-15-25-30(6,35-28(33-25)23-12-10-9-11-13-23)18-16-24(36-37(7,8)29(3,4)5)20-26(32)34-27(21)22(2)17-19-31/h9-15,17,19,21,24-25,27-28H,16,18,20H2,1-8H3/b15-14+,22-17+/t21-,24?,25-,27-,28-,30+/m0/s1. The van der Waals surface area contributed by atoms with Gasteiger partial charge in [-0.2, -0.15) is 0 Å². The van der Waals surface area contributed by atoms with Gasteiger partial charge in [-0.05, 0) is 56.5 Å². The number of hydrogen-bond acceptors (Lipinski definition) is 6. The van der Waals surface area contributed by atoms with E-state index >= 15 is 0 Å². The number of carbonyl (C=O) groups excluding carboxylic acids is 2. The Morgan fingerprint density at radius 1 is 1.16 bits per heavy atom. The molecule has 1 aromatic rings. The average molecular weight is 529 g/mol. The van der Waals surface area contributed by atoms with Crippen molar-refractivity contribution in [2.75, 3.05) is 0 Å². The highest BCUT2D eigenvalue weighted by Crippen LogP contribution is 2.44. The second-order valence-electron chi connectivity index (χ2n) is 12.2. The number of benzene rings is 1. The Balaban J connectivity index is 1.97. The monoisotopic (exact) mass is 528 g/mol. The number of aldehydes is 1. The first kappa shape index (κ1) is 29.5. The molecule has 0 N–H and O–H groups in total. The fourth-order valence-corrected chi connectivity index (χ4v) is 6.02. The highest BCUT2D eigenvalue weighted by Gasteiger charge is 2.47. The molecule has 2 heterocycles. The van der Waals surface area contributed by atoms with Gasteiger partial charge in [0.15, 0.2) is 14.6 Å². The van der Waals surface area contributed by atoms with Gasteiger partial charge in [0, 0.05) is 11.5 Å². The van der Waals surface area contributed by atoms with E-state index in [1.54, 1.807) is 0 Å². The van der Waals surface area contributed by atoms with Crippen LogP contribution in [0.3, 0.4) is 0 Å². The molecule has 0 aromatic heterocycles. The van der Waals surface area contributed by atoms with Crippen molar-refractivity contribution in [3.8, 4) is 0 Å². The molecule has 6 nitrogen and oxygen atoms in total. The molecule has 0 radical (unpaired) electrons. The third kappa shape index (κ3) is 7.28. The summed E-state index contributed by atoms with van der Waals surface area (Å²) in [5.74, 6) is -0.483. The molecule has 0 spiro atoms. The molecule has 0 aliphatic carbocycles. The number of allylic oxidation sites excluding steroid dienone is 1. The molecule has 1 aromatic carbocycles. The highest BCUT2D eigenvalue weighted by atomic mass is 28.4. The molecule has 3 rings (SSSR count). The van der Waals surface area contributed by atoms with Crippen LogP contribution in [0, 0.1) is 5.92 Å². The van der Waals surface area contributed by atoms with Crippen LogP contribution in [-0.2, 0) is 28.2 Å². The number of esters is 1. The average Bonchev–Trinajstić information content (AvgIpc) is 3.15. The van der Waals surface area contributed by atoms with Gasteiger partial charge in [-0.25, -0.2) is 0 Å². The number of rotatable bonds is 5. The number of hydrogen-bond donors (Lipinski definition) is 0. The number of fused-ring (bicyclic) bond motifs is 1. The minimum atomic E-state index is -2.15. The maximum atomic E-state index is 13.2. The van der Waals surface area contributed by atoms with E-state index in [-0.39, 0.29) is 35.6 Å². The lowest BCUT2D eigenvalue weighted by molar-refractivity contribution is -0.151. The molecule has 2 aliphatic rings. The van der Waals surface area contributed by atoms with Gasteiger partial charge in [0.05, 0.1) is 18.1 Å². The summed E-state index contributed by atoms with van der Waals surface area (Å²) < 4.78 is 25.7. The fraction of sp³-hybridized carbons (Fsp3) is 0.600. The lowest BCUT2D eigenvalue weighted by Crippen LogP contribution is -2.45. The third-order valence-corrected chi connectivity index (χ3v) is 12.6. The molecule has 0 saturated carbocycles. The summed E-state index contributed by atoms with van der Waals surface area (Å²) in [6.07, 6.45) is 6.04. The molecule has 7 heteroatoms. The zero-order chi connectivity index (χ0) is 27.4. The summed E-state index contributed by atoms with van der Waals surface area (Å²) in [5, 5.41) is 0.00147. The second-order valence-corrected chi connectivity index (χ2v) is 16.9. The van der Waals surface area contributed by atoms with E-state index in [0.717, 1.165) is 11.8 Å². The second kappa shape index (κ2) is 11.8. The molecule has 0 bridgehead atoms. The van der Waals surface area contributed by atoms with E-state index in [9.17, 15) is 9.59 Å². The van der Waals surface area contributed by atoms with Crippen molar-refractivity contribution in [3.63, 3.8) is 0 Å². The first-order valence-electron chi connectivity index (χ1n) is 13.3. The van der Waals surface area contributed by atoms with Gasteiger partial charge >= 0.3 is 5.97 Å². The summed E-state index contributed by atoms with van der Waals surface area (Å²) in [5.41, 5.74) is 1.07. The van der Waals surface area contributed by atoms with E-state index in [4.69, 9.17) is 18.6 Å². The predicted octanol–water partition coefficient (Wildman–Crippen LogP) is 6.68. The summed E-state index contributed by atoms with van der Waals surface area (Å²) in [6.45, 7) is 16.9. The predicted molar refractivity (Wildman–Crippen MR) is 147 cm³/mol. The van der Waals surface area contributed by atoms with Crippen LogP contribution in [-0.4, -0.2) is 44.5 Å². The van der Waals surface area contributed by atoms with Crippen molar-refractivity contribution in [3.05, 3.63) is 59.7 Å². The molecule has 2 aliphatic heterocycles. The van der Waals surface area contributed by atoms with E-state index in [1.807, 2.05) is 56.3 Å². The first-order valence-corrected chi connectivity index (χ1v) is 16.2. The van der Waals surface area contributed by atoms with Crippen molar-refractivity contribution in [1.82, 2.24) is 0 Å². The van der Waals surface area contributed by atoms with Crippen molar-refractivity contribution in [1.29, 1.82) is 0 Å². The first-order chi connectivity index (χ1) is 17.3. The van der Waals surface area contributed by atoms with Gasteiger partial charge in [-0.1, -0.05) is 70.2 Å². The van der Waals surface area contributed by atoms with E-state index in [0.29, 0.717) is 18.4 Å². The Morgan fingerprint density at radius 3 is 2.46 bits per heavy atom. The molecule has 6 atom stereocenters. The van der Waals surface area contributed by atoms with Crippen molar-refractivity contribution in [2.24, 2.45) is 5.92 Å². The number of cyclic esters (lactones) is 1. The minimum Gasteiger partial charge on any atom is -0.457 e. The molecule has 1 unspecified atom stereocenters. The Hall–Kier alpha value is -2.06. The molecule has 0 amide bonds. The van der Waals surface area contributed by atoms with Crippen LogP contribution >= 0.6 is 0 Å². The molecular formula is C30H44O6Si. The van der Waals surface area contributed by atoms with Crippen LogP contribution in [0.15, 0.2) is 54.1 Å². The Labute approximate surface area is 223 Å². The lowest BCUT2D eigenvalue weighted by Gasteiger charge is -2.40. The van der Waals surface area contributed by atoms with E-state index < -0.39 is 26.3 Å². The van der Waals surface area contributed by atoms with Gasteiger partial charge < -0.3 is 18.6 Å². The van der Waals surface area contributed by atoms with Gasteiger partial charge in [-0.15, -0.1) is 0 Å². The minimum absolute atomic E-state index is 0.00147. The molecular weight excluding hydrogens is 484 g/mol. The summed E-state index contributed by atoms with van der Waals surface area (Å²) in [7, 11) is -2.15. The van der Waals surface area contributed by atoms with Gasteiger partial charge in [0.2, 0.25) is 0 Å². The summed E-state index contributed by atoms with van der Waals surface area (Å²) >= 11 is 0. The highest BCUT2D eigenvalue weighted by molar-refractivity contribution is 6.74. The molecule has 1 saturated heterocycles.